The Morgan fingerprint density at radius 2 is 1.93 bits per heavy atom. The van der Waals surface area contributed by atoms with Crippen LogP contribution in [0.4, 0.5) is 20.3 Å². The van der Waals surface area contributed by atoms with Gasteiger partial charge in [0, 0.05) is 61.6 Å². The molecule has 0 aliphatic carbocycles. The molecular formula is C28H29F2N9O2. The summed E-state index contributed by atoms with van der Waals surface area (Å²) in [5, 5.41) is 7.19. The fraction of sp³-hybridized carbons (Fsp3) is 0.321. The van der Waals surface area contributed by atoms with E-state index in [0.717, 1.165) is 5.56 Å². The van der Waals surface area contributed by atoms with Gasteiger partial charge in [-0.15, -0.1) is 6.42 Å². The number of nitrogens with two attached hydrogens (primary N) is 1. The minimum atomic E-state index is -2.79. The number of anilines is 2. The number of nitrogens with one attached hydrogen (secondary N) is 1. The largest absolute Gasteiger partial charge is 0.338 e. The minimum absolute atomic E-state index is 0.0427. The van der Waals surface area contributed by atoms with Crippen LogP contribution < -0.4 is 11.1 Å². The Kier molecular flexibility index (Phi) is 7.93. The molecule has 212 valence electrons. The molecule has 11 nitrogen and oxygen atoms in total. The van der Waals surface area contributed by atoms with Gasteiger partial charge in [-0.3, -0.25) is 18.7 Å². The Bertz CT molecular complexity index is 1630. The zero-order valence-electron chi connectivity index (χ0n) is 22.4. The molecule has 1 aliphatic rings. The topological polar surface area (TPSA) is 127 Å². The van der Waals surface area contributed by atoms with E-state index in [1.54, 1.807) is 38.7 Å². The number of amides is 2. The lowest BCUT2D eigenvalue weighted by Crippen LogP contribution is -2.52. The van der Waals surface area contributed by atoms with Crippen LogP contribution in [0.1, 0.15) is 35.0 Å². The number of nitrogens with zero attached hydrogens (tertiary/aromatic N) is 7. The van der Waals surface area contributed by atoms with Gasteiger partial charge in [0.25, 0.3) is 12.3 Å². The lowest BCUT2D eigenvalue weighted by molar-refractivity contribution is -0.131. The highest BCUT2D eigenvalue weighted by molar-refractivity contribution is 5.96. The highest BCUT2D eigenvalue weighted by Crippen LogP contribution is 2.32. The monoisotopic (exact) mass is 561 g/mol. The van der Waals surface area contributed by atoms with Crippen molar-refractivity contribution in [2.75, 3.05) is 38.0 Å². The summed E-state index contributed by atoms with van der Waals surface area (Å²) in [5.74, 6) is 2.60. The number of hydrogen-bond acceptors (Lipinski definition) is 7. The Hall–Kier alpha value is -4.83. The van der Waals surface area contributed by atoms with Gasteiger partial charge in [-0.25, -0.2) is 18.7 Å². The molecule has 41 heavy (non-hydrogen) atoms. The van der Waals surface area contributed by atoms with Gasteiger partial charge in [0.05, 0.1) is 18.4 Å². The number of carbonyl (C=O) groups is 2. The van der Waals surface area contributed by atoms with E-state index < -0.39 is 6.43 Å². The first-order chi connectivity index (χ1) is 19.8. The maximum absolute atomic E-state index is 13.8. The average Bonchev–Trinajstić information content (AvgIpc) is 3.61. The number of imidazole rings is 1. The number of halogens is 2. The third-order valence-corrected chi connectivity index (χ3v) is 7.03. The van der Waals surface area contributed by atoms with Crippen molar-refractivity contribution >= 4 is 29.0 Å². The molecule has 13 heteroatoms. The number of carbonyl (C=O) groups excluding carboxylic acids is 2. The first-order valence-corrected chi connectivity index (χ1v) is 13.1. The lowest BCUT2D eigenvalue weighted by Gasteiger charge is -2.35. The molecule has 0 saturated carbocycles. The first kappa shape index (κ1) is 27.7. The van der Waals surface area contributed by atoms with E-state index in [4.69, 9.17) is 12.2 Å². The summed E-state index contributed by atoms with van der Waals surface area (Å²) in [5.41, 5.74) is 8.28. The van der Waals surface area contributed by atoms with Crippen molar-refractivity contribution in [1.82, 2.24) is 33.9 Å². The maximum atomic E-state index is 13.8. The summed E-state index contributed by atoms with van der Waals surface area (Å²) in [4.78, 5) is 37.4. The van der Waals surface area contributed by atoms with Crippen LogP contribution in [-0.4, -0.2) is 78.5 Å². The van der Waals surface area contributed by atoms with Gasteiger partial charge in [-0.2, -0.15) is 5.10 Å². The molecule has 3 N–H and O–H groups in total. The van der Waals surface area contributed by atoms with Crippen molar-refractivity contribution in [1.29, 1.82) is 0 Å². The van der Waals surface area contributed by atoms with E-state index in [-0.39, 0.29) is 36.2 Å². The van der Waals surface area contributed by atoms with Crippen molar-refractivity contribution in [3.8, 4) is 23.6 Å². The SMILES string of the molecule is C#CCn1cc(-c2cnc3c(Nc4ccc(C(=O)N5CCN(C(=O)CN)CC5)c(CC)c4)nccn23)c(C(F)F)n1. The van der Waals surface area contributed by atoms with Crippen molar-refractivity contribution in [2.45, 2.75) is 26.3 Å². The van der Waals surface area contributed by atoms with Crippen molar-refractivity contribution in [3.05, 3.63) is 59.8 Å². The molecule has 0 bridgehead atoms. The van der Waals surface area contributed by atoms with Crippen molar-refractivity contribution in [3.63, 3.8) is 0 Å². The summed E-state index contributed by atoms with van der Waals surface area (Å²) >= 11 is 0. The van der Waals surface area contributed by atoms with Gasteiger partial charge in [0.1, 0.15) is 12.2 Å². The fourth-order valence-corrected chi connectivity index (χ4v) is 4.94. The molecule has 0 unspecified atom stereocenters. The second-order valence-electron chi connectivity index (χ2n) is 9.47. The number of benzene rings is 1. The molecule has 0 atom stereocenters. The first-order valence-electron chi connectivity index (χ1n) is 13.1. The van der Waals surface area contributed by atoms with E-state index in [0.29, 0.717) is 61.0 Å². The molecule has 1 aromatic carbocycles. The number of rotatable bonds is 8. The van der Waals surface area contributed by atoms with Crippen LogP contribution in [-0.2, 0) is 17.8 Å². The van der Waals surface area contributed by atoms with E-state index >= 15 is 0 Å². The molecule has 3 aromatic heterocycles. The summed E-state index contributed by atoms with van der Waals surface area (Å²) in [6, 6.07) is 5.44. The standard InChI is InChI=1S/C28H29F2N9O2/c1-3-8-38-17-21(24(35-38)25(29)30)22-16-33-27-26(32-7-9-39(22)27)34-19-5-6-20(18(4-2)14-19)28(41)37-12-10-36(11-13-37)23(40)15-31/h1,5-7,9,14,16-17,25H,4,8,10-13,15,31H2,2H3,(H,32,34). The fourth-order valence-electron chi connectivity index (χ4n) is 4.94. The average molecular weight is 562 g/mol. The molecule has 4 heterocycles. The number of hydrogen-bond donors (Lipinski definition) is 2. The zero-order chi connectivity index (χ0) is 29.1. The second-order valence-corrected chi connectivity index (χ2v) is 9.47. The molecule has 1 aliphatic heterocycles. The van der Waals surface area contributed by atoms with Gasteiger partial charge in [0.2, 0.25) is 5.91 Å². The maximum Gasteiger partial charge on any atom is 0.282 e. The highest BCUT2D eigenvalue weighted by atomic mass is 19.3. The quantitative estimate of drug-likeness (QED) is 0.317. The molecule has 1 fully saturated rings. The van der Waals surface area contributed by atoms with Gasteiger partial charge in [0.15, 0.2) is 11.5 Å². The number of terminal acetylenes is 1. The van der Waals surface area contributed by atoms with E-state index in [2.05, 4.69) is 26.3 Å². The van der Waals surface area contributed by atoms with Crippen LogP contribution in [0.25, 0.3) is 16.9 Å². The predicted octanol–water partition coefficient (Wildman–Crippen LogP) is 2.71. The molecular weight excluding hydrogens is 532 g/mol. The molecule has 0 spiro atoms. The number of piperazine rings is 1. The van der Waals surface area contributed by atoms with Gasteiger partial charge >= 0.3 is 0 Å². The number of fused-ring (bicyclic) bond motifs is 1. The summed E-state index contributed by atoms with van der Waals surface area (Å²) in [6.45, 7) is 3.77. The van der Waals surface area contributed by atoms with E-state index in [1.165, 1.54) is 17.1 Å². The molecule has 5 rings (SSSR count). The Labute approximate surface area is 235 Å². The zero-order valence-corrected chi connectivity index (χ0v) is 22.4. The minimum Gasteiger partial charge on any atom is -0.338 e. The van der Waals surface area contributed by atoms with Crippen LogP contribution in [0, 0.1) is 12.3 Å². The molecule has 1 saturated heterocycles. The third kappa shape index (κ3) is 5.46. The normalized spacial score (nSPS) is 13.6. The number of aryl methyl sites for hydroxylation is 1. The second kappa shape index (κ2) is 11.7. The van der Waals surface area contributed by atoms with Crippen LogP contribution in [0.15, 0.2) is 43.0 Å². The number of alkyl halides is 2. The van der Waals surface area contributed by atoms with Gasteiger partial charge < -0.3 is 20.9 Å². The molecule has 2 amide bonds. The van der Waals surface area contributed by atoms with Crippen LogP contribution >= 0.6 is 0 Å². The van der Waals surface area contributed by atoms with Crippen molar-refractivity contribution < 1.29 is 18.4 Å². The lowest BCUT2D eigenvalue weighted by atomic mass is 10.0. The Morgan fingerprint density at radius 3 is 2.61 bits per heavy atom. The van der Waals surface area contributed by atoms with Gasteiger partial charge in [-0.1, -0.05) is 12.8 Å². The predicted molar refractivity (Wildman–Crippen MR) is 149 cm³/mol. The summed E-state index contributed by atoms with van der Waals surface area (Å²) < 4.78 is 30.5. The van der Waals surface area contributed by atoms with Crippen LogP contribution in [0.2, 0.25) is 0 Å². The van der Waals surface area contributed by atoms with E-state index in [1.807, 2.05) is 13.0 Å². The van der Waals surface area contributed by atoms with Crippen molar-refractivity contribution in [2.24, 2.45) is 5.73 Å². The third-order valence-electron chi connectivity index (χ3n) is 7.03. The summed E-state index contributed by atoms with van der Waals surface area (Å²) in [6.07, 6.45) is 9.31. The van der Waals surface area contributed by atoms with Crippen LogP contribution in [0.5, 0.6) is 0 Å². The van der Waals surface area contributed by atoms with Crippen LogP contribution in [0.3, 0.4) is 0 Å². The van der Waals surface area contributed by atoms with E-state index in [9.17, 15) is 18.4 Å². The number of aromatic nitrogens is 5. The Morgan fingerprint density at radius 1 is 1.17 bits per heavy atom. The molecule has 0 radical (unpaired) electrons. The smallest absolute Gasteiger partial charge is 0.282 e. The highest BCUT2D eigenvalue weighted by Gasteiger charge is 2.26. The Balaban J connectivity index is 1.39. The molecule has 4 aromatic rings. The summed E-state index contributed by atoms with van der Waals surface area (Å²) in [7, 11) is 0. The van der Waals surface area contributed by atoms with Gasteiger partial charge in [-0.05, 0) is 30.2 Å².